The van der Waals surface area contributed by atoms with Crippen molar-refractivity contribution >= 4 is 11.8 Å². The number of hydrogen-bond acceptors (Lipinski definition) is 4. The van der Waals surface area contributed by atoms with Crippen LogP contribution in [-0.2, 0) is 22.4 Å². The molecule has 2 aliphatic carbocycles. The summed E-state index contributed by atoms with van der Waals surface area (Å²) in [7, 11) is 0. The minimum Gasteiger partial charge on any atom is -0.508 e. The Morgan fingerprint density at radius 3 is 2.96 bits per heavy atom. The van der Waals surface area contributed by atoms with E-state index in [9.17, 15) is 14.7 Å². The third-order valence-corrected chi connectivity index (χ3v) is 6.57. The van der Waals surface area contributed by atoms with Gasteiger partial charge in [-0.3, -0.25) is 14.9 Å². The molecule has 0 radical (unpaired) electrons. The van der Waals surface area contributed by atoms with E-state index in [1.165, 1.54) is 5.56 Å². The van der Waals surface area contributed by atoms with Crippen molar-refractivity contribution in [3.8, 4) is 5.75 Å². The van der Waals surface area contributed by atoms with E-state index >= 15 is 0 Å². The second-order valence-corrected chi connectivity index (χ2v) is 8.18. The normalized spacial score (nSPS) is 26.1. The van der Waals surface area contributed by atoms with Crippen LogP contribution in [0.2, 0.25) is 0 Å². The molecule has 4 rings (SSSR count). The Morgan fingerprint density at radius 1 is 1.29 bits per heavy atom. The predicted molar refractivity (Wildman–Crippen MR) is 108 cm³/mol. The van der Waals surface area contributed by atoms with Crippen LogP contribution in [0.5, 0.6) is 5.75 Å². The van der Waals surface area contributed by atoms with Gasteiger partial charge in [0.05, 0.1) is 5.41 Å². The summed E-state index contributed by atoms with van der Waals surface area (Å²) in [5.74, 6) is 0.0173. The average Bonchev–Trinajstić information content (AvgIpc) is 2.96. The van der Waals surface area contributed by atoms with Gasteiger partial charge in [0, 0.05) is 11.6 Å². The van der Waals surface area contributed by atoms with Crippen LogP contribution < -0.4 is 5.32 Å². The molecule has 3 aliphatic rings. The van der Waals surface area contributed by atoms with Gasteiger partial charge in [0.15, 0.2) is 0 Å². The molecular formula is C23H28N2O3. The van der Waals surface area contributed by atoms with Crippen molar-refractivity contribution in [1.82, 2.24) is 10.2 Å². The molecule has 1 saturated heterocycles. The summed E-state index contributed by atoms with van der Waals surface area (Å²) in [6.07, 6.45) is 10.8. The number of nitrogens with zero attached hydrogens (tertiary/aromatic N) is 1. The lowest BCUT2D eigenvalue weighted by atomic mass is 9.73. The van der Waals surface area contributed by atoms with E-state index < -0.39 is 5.41 Å². The molecule has 0 saturated carbocycles. The number of carbonyl (C=O) groups excluding carboxylic acids is 2. The quantitative estimate of drug-likeness (QED) is 0.745. The number of amides is 2. The van der Waals surface area contributed by atoms with Gasteiger partial charge >= 0.3 is 0 Å². The van der Waals surface area contributed by atoms with E-state index in [1.54, 1.807) is 12.1 Å². The zero-order chi connectivity index (χ0) is 19.7. The first-order chi connectivity index (χ1) is 13.5. The van der Waals surface area contributed by atoms with Gasteiger partial charge in [0.1, 0.15) is 5.75 Å². The van der Waals surface area contributed by atoms with E-state index in [0.29, 0.717) is 30.2 Å². The maximum absolute atomic E-state index is 12.6. The Balaban J connectivity index is 1.51. The predicted octanol–water partition coefficient (Wildman–Crippen LogP) is 2.88. The highest BCUT2D eigenvalue weighted by molar-refractivity contribution is 6.17. The van der Waals surface area contributed by atoms with Gasteiger partial charge in [-0.25, -0.2) is 0 Å². The van der Waals surface area contributed by atoms with Crippen LogP contribution in [-0.4, -0.2) is 41.0 Å². The molecular weight excluding hydrogens is 352 g/mol. The molecule has 0 spiro atoms. The molecule has 2 amide bonds. The number of allylic oxidation sites excluding steroid dienone is 3. The van der Waals surface area contributed by atoms with E-state index in [4.69, 9.17) is 0 Å². The summed E-state index contributed by atoms with van der Waals surface area (Å²) in [4.78, 5) is 27.3. The molecule has 2 N–H and O–H groups in total. The highest BCUT2D eigenvalue weighted by Crippen LogP contribution is 2.43. The van der Waals surface area contributed by atoms with Crippen LogP contribution in [0.25, 0.3) is 0 Å². The fourth-order valence-corrected chi connectivity index (χ4v) is 5.03. The van der Waals surface area contributed by atoms with Gasteiger partial charge in [-0.1, -0.05) is 37.3 Å². The molecule has 1 aliphatic heterocycles. The van der Waals surface area contributed by atoms with Crippen LogP contribution in [0, 0.1) is 5.41 Å². The Morgan fingerprint density at radius 2 is 2.14 bits per heavy atom. The molecule has 2 atom stereocenters. The molecule has 2 unspecified atom stereocenters. The number of phenolic OH excluding ortho intramolecular Hbond substituents is 1. The molecule has 0 aromatic heterocycles. The molecule has 0 bridgehead atoms. The van der Waals surface area contributed by atoms with Gasteiger partial charge in [0.25, 0.3) is 5.91 Å². The first kappa shape index (κ1) is 18.9. The first-order valence-electron chi connectivity index (χ1n) is 10.3. The first-order valence-corrected chi connectivity index (χ1v) is 10.3. The second kappa shape index (κ2) is 7.55. The van der Waals surface area contributed by atoms with Crippen LogP contribution >= 0.6 is 0 Å². The Bertz CT molecular complexity index is 857. The molecule has 28 heavy (non-hydrogen) atoms. The average molecular weight is 380 g/mol. The third-order valence-electron chi connectivity index (χ3n) is 6.57. The molecule has 1 aromatic carbocycles. The summed E-state index contributed by atoms with van der Waals surface area (Å²) in [5.41, 5.74) is 2.22. The fraction of sp³-hybridized carbons (Fsp3) is 0.478. The number of benzene rings is 1. The zero-order valence-electron chi connectivity index (χ0n) is 16.4. The number of imide groups is 1. The standard InChI is InChI=1S/C23H28N2O3/c1-2-13-25(17-9-10-18-16(15-17)6-5-8-20(18)26)14-12-23-11-4-3-7-19(23)21(27)24-22(23)28/h3-8,17,26H,2,9-15H2,1H3,(H,24,27,28). The van der Waals surface area contributed by atoms with Gasteiger partial charge in [-0.2, -0.15) is 0 Å². The lowest BCUT2D eigenvalue weighted by Gasteiger charge is -2.37. The second-order valence-electron chi connectivity index (χ2n) is 8.18. The summed E-state index contributed by atoms with van der Waals surface area (Å²) < 4.78 is 0. The number of aromatic hydroxyl groups is 1. The smallest absolute Gasteiger partial charge is 0.254 e. The number of carbonyl (C=O) groups is 2. The van der Waals surface area contributed by atoms with Crippen molar-refractivity contribution in [3.63, 3.8) is 0 Å². The van der Waals surface area contributed by atoms with Crippen molar-refractivity contribution in [2.45, 2.75) is 51.5 Å². The molecule has 1 fully saturated rings. The topological polar surface area (TPSA) is 69.6 Å². The number of nitrogens with one attached hydrogen (secondary N) is 1. The Kier molecular flexibility index (Phi) is 5.11. The molecule has 1 heterocycles. The molecule has 1 aromatic rings. The van der Waals surface area contributed by atoms with Crippen LogP contribution in [0.1, 0.15) is 43.7 Å². The van der Waals surface area contributed by atoms with Crippen molar-refractivity contribution in [2.75, 3.05) is 13.1 Å². The van der Waals surface area contributed by atoms with Crippen LogP contribution in [0.4, 0.5) is 0 Å². The minimum atomic E-state index is -0.706. The number of hydrogen-bond donors (Lipinski definition) is 2. The summed E-state index contributed by atoms with van der Waals surface area (Å²) >= 11 is 0. The van der Waals surface area contributed by atoms with Gasteiger partial charge in [0.2, 0.25) is 5.91 Å². The summed E-state index contributed by atoms with van der Waals surface area (Å²) in [5, 5.41) is 12.6. The van der Waals surface area contributed by atoms with Crippen molar-refractivity contribution < 1.29 is 14.7 Å². The van der Waals surface area contributed by atoms with E-state index in [2.05, 4.69) is 23.2 Å². The SMILES string of the molecule is CCCN(CCC12CC=CC=C1C(=O)NC2=O)C1CCc2c(O)cccc2C1. The molecule has 5 nitrogen and oxygen atoms in total. The van der Waals surface area contributed by atoms with E-state index in [1.807, 2.05) is 18.2 Å². The van der Waals surface area contributed by atoms with Crippen molar-refractivity contribution in [3.05, 3.63) is 53.1 Å². The van der Waals surface area contributed by atoms with Crippen molar-refractivity contribution in [2.24, 2.45) is 5.41 Å². The minimum absolute atomic E-state index is 0.150. The highest BCUT2D eigenvalue weighted by Gasteiger charge is 2.50. The van der Waals surface area contributed by atoms with E-state index in [0.717, 1.165) is 44.3 Å². The summed E-state index contributed by atoms with van der Waals surface area (Å²) in [6.45, 7) is 3.94. The number of fused-ring (bicyclic) bond motifs is 2. The maximum Gasteiger partial charge on any atom is 0.254 e. The zero-order valence-corrected chi connectivity index (χ0v) is 16.4. The third kappa shape index (κ3) is 3.18. The van der Waals surface area contributed by atoms with Gasteiger partial charge < -0.3 is 10.0 Å². The lowest BCUT2D eigenvalue weighted by molar-refractivity contribution is -0.128. The van der Waals surface area contributed by atoms with Gasteiger partial charge in [-0.15, -0.1) is 0 Å². The van der Waals surface area contributed by atoms with Crippen molar-refractivity contribution in [1.29, 1.82) is 0 Å². The Labute approximate surface area is 166 Å². The van der Waals surface area contributed by atoms with Crippen LogP contribution in [0.3, 0.4) is 0 Å². The number of rotatable bonds is 6. The maximum atomic E-state index is 12.6. The monoisotopic (exact) mass is 380 g/mol. The van der Waals surface area contributed by atoms with Gasteiger partial charge in [-0.05, 0) is 68.8 Å². The van der Waals surface area contributed by atoms with Crippen LogP contribution in [0.15, 0.2) is 42.0 Å². The summed E-state index contributed by atoms with van der Waals surface area (Å²) in [6, 6.07) is 6.19. The fourth-order valence-electron chi connectivity index (χ4n) is 5.03. The molecule has 5 heteroatoms. The highest BCUT2D eigenvalue weighted by atomic mass is 16.3. The molecule has 148 valence electrons. The Hall–Kier alpha value is -2.40. The lowest BCUT2D eigenvalue weighted by Crippen LogP contribution is -2.43. The largest absolute Gasteiger partial charge is 0.508 e. The number of phenols is 1. The van der Waals surface area contributed by atoms with E-state index in [-0.39, 0.29) is 11.8 Å².